The average Bonchev–Trinajstić information content (AvgIpc) is 2.72. The number of aryl methyl sites for hydroxylation is 1. The predicted molar refractivity (Wildman–Crippen MR) is 66.4 cm³/mol. The molecule has 2 heterocycles. The predicted octanol–water partition coefficient (Wildman–Crippen LogP) is 2.75. The first-order valence-corrected chi connectivity index (χ1v) is 6.01. The van der Waals surface area contributed by atoms with Gasteiger partial charge >= 0.3 is 0 Å². The summed E-state index contributed by atoms with van der Waals surface area (Å²) in [6.07, 6.45) is 4.67. The SMILES string of the molecule is CCC(CC)c1nc2cc(C)c(C=O)cn2n1. The van der Waals surface area contributed by atoms with Gasteiger partial charge in [0.2, 0.25) is 0 Å². The third-order valence-electron chi connectivity index (χ3n) is 3.21. The van der Waals surface area contributed by atoms with Crippen LogP contribution in [0.1, 0.15) is 54.4 Å². The molecule has 0 bridgehead atoms. The largest absolute Gasteiger partial charge is 0.298 e. The molecule has 0 fully saturated rings. The normalized spacial score (nSPS) is 11.3. The molecule has 0 aliphatic rings. The van der Waals surface area contributed by atoms with Gasteiger partial charge in [-0.25, -0.2) is 9.50 Å². The van der Waals surface area contributed by atoms with Crippen molar-refractivity contribution in [3.05, 3.63) is 29.2 Å². The highest BCUT2D eigenvalue weighted by Gasteiger charge is 2.13. The number of nitrogens with zero attached hydrogens (tertiary/aromatic N) is 3. The molecular formula is C13H17N3O. The van der Waals surface area contributed by atoms with E-state index >= 15 is 0 Å². The van der Waals surface area contributed by atoms with Crippen LogP contribution < -0.4 is 0 Å². The molecule has 0 saturated carbocycles. The summed E-state index contributed by atoms with van der Waals surface area (Å²) in [7, 11) is 0. The maximum absolute atomic E-state index is 10.9. The number of fused-ring (bicyclic) bond motifs is 1. The Hall–Kier alpha value is -1.71. The van der Waals surface area contributed by atoms with E-state index in [0.29, 0.717) is 11.5 Å². The highest BCUT2D eigenvalue weighted by Crippen LogP contribution is 2.20. The third-order valence-corrected chi connectivity index (χ3v) is 3.21. The first-order chi connectivity index (χ1) is 8.19. The third kappa shape index (κ3) is 2.07. The smallest absolute Gasteiger partial charge is 0.155 e. The van der Waals surface area contributed by atoms with Gasteiger partial charge in [-0.15, -0.1) is 0 Å². The van der Waals surface area contributed by atoms with Crippen molar-refractivity contribution >= 4 is 11.9 Å². The van der Waals surface area contributed by atoms with Gasteiger partial charge in [0.25, 0.3) is 0 Å². The van der Waals surface area contributed by atoms with E-state index in [1.54, 1.807) is 10.7 Å². The number of pyridine rings is 1. The van der Waals surface area contributed by atoms with Crippen LogP contribution in [0, 0.1) is 6.92 Å². The second-order valence-corrected chi connectivity index (χ2v) is 4.32. The quantitative estimate of drug-likeness (QED) is 0.760. The summed E-state index contributed by atoms with van der Waals surface area (Å²) in [6, 6.07) is 1.91. The van der Waals surface area contributed by atoms with E-state index in [1.807, 2.05) is 13.0 Å². The molecule has 0 aromatic carbocycles. The van der Waals surface area contributed by atoms with Crippen LogP contribution in [0.2, 0.25) is 0 Å². The summed E-state index contributed by atoms with van der Waals surface area (Å²) in [5.74, 6) is 1.27. The van der Waals surface area contributed by atoms with Gasteiger partial charge < -0.3 is 0 Å². The number of aromatic nitrogens is 3. The summed E-state index contributed by atoms with van der Waals surface area (Å²) < 4.78 is 1.70. The van der Waals surface area contributed by atoms with Crippen molar-refractivity contribution in [2.24, 2.45) is 0 Å². The van der Waals surface area contributed by atoms with Crippen LogP contribution in [0.3, 0.4) is 0 Å². The molecule has 0 aliphatic carbocycles. The molecule has 0 spiro atoms. The monoisotopic (exact) mass is 231 g/mol. The summed E-state index contributed by atoms with van der Waals surface area (Å²) in [5.41, 5.74) is 2.42. The molecule has 0 amide bonds. The van der Waals surface area contributed by atoms with E-state index in [1.165, 1.54) is 0 Å². The second kappa shape index (κ2) is 4.65. The fourth-order valence-corrected chi connectivity index (χ4v) is 2.01. The zero-order valence-corrected chi connectivity index (χ0v) is 10.5. The first-order valence-electron chi connectivity index (χ1n) is 6.01. The molecule has 0 unspecified atom stereocenters. The number of hydrogen-bond donors (Lipinski definition) is 0. The van der Waals surface area contributed by atoms with Gasteiger partial charge in [0.05, 0.1) is 0 Å². The van der Waals surface area contributed by atoms with Crippen LogP contribution >= 0.6 is 0 Å². The van der Waals surface area contributed by atoms with E-state index < -0.39 is 0 Å². The van der Waals surface area contributed by atoms with Crippen molar-refractivity contribution in [2.75, 3.05) is 0 Å². The molecule has 4 nitrogen and oxygen atoms in total. The maximum atomic E-state index is 10.9. The standard InChI is InChI=1S/C13H17N3O/c1-4-10(5-2)13-14-12-6-9(3)11(8-17)7-16(12)15-13/h6-8,10H,4-5H2,1-3H3. The van der Waals surface area contributed by atoms with Gasteiger partial charge in [-0.05, 0) is 31.4 Å². The number of hydrogen-bond acceptors (Lipinski definition) is 3. The van der Waals surface area contributed by atoms with Gasteiger partial charge in [-0.3, -0.25) is 4.79 Å². The van der Waals surface area contributed by atoms with Gasteiger partial charge in [-0.1, -0.05) is 13.8 Å². The van der Waals surface area contributed by atoms with Crippen molar-refractivity contribution in [3.8, 4) is 0 Å². The summed E-state index contributed by atoms with van der Waals surface area (Å²) in [6.45, 7) is 6.19. The molecule has 17 heavy (non-hydrogen) atoms. The first kappa shape index (κ1) is 11.8. The van der Waals surface area contributed by atoms with Crippen LogP contribution in [-0.4, -0.2) is 20.9 Å². The molecule has 0 aliphatic heterocycles. The van der Waals surface area contributed by atoms with Gasteiger partial charge in [0, 0.05) is 17.7 Å². The Balaban J connectivity index is 2.53. The van der Waals surface area contributed by atoms with E-state index in [0.717, 1.165) is 36.2 Å². The van der Waals surface area contributed by atoms with E-state index in [2.05, 4.69) is 23.9 Å². The van der Waals surface area contributed by atoms with Crippen molar-refractivity contribution in [1.82, 2.24) is 14.6 Å². The zero-order chi connectivity index (χ0) is 12.4. The summed E-state index contributed by atoms with van der Waals surface area (Å²) in [5, 5.41) is 4.45. The fraction of sp³-hybridized carbons (Fsp3) is 0.462. The van der Waals surface area contributed by atoms with E-state index in [4.69, 9.17) is 0 Å². The molecule has 0 radical (unpaired) electrons. The van der Waals surface area contributed by atoms with Crippen LogP contribution in [-0.2, 0) is 0 Å². The fourth-order valence-electron chi connectivity index (χ4n) is 2.01. The highest BCUT2D eigenvalue weighted by molar-refractivity contribution is 5.77. The number of rotatable bonds is 4. The Morgan fingerprint density at radius 2 is 2.12 bits per heavy atom. The Labute approximate surface area is 101 Å². The summed E-state index contributed by atoms with van der Waals surface area (Å²) in [4.78, 5) is 15.4. The van der Waals surface area contributed by atoms with Crippen LogP contribution in [0.5, 0.6) is 0 Å². The van der Waals surface area contributed by atoms with Crippen molar-refractivity contribution in [3.63, 3.8) is 0 Å². The van der Waals surface area contributed by atoms with Gasteiger partial charge in [0.1, 0.15) is 0 Å². The molecule has 0 saturated heterocycles. The minimum absolute atomic E-state index is 0.398. The zero-order valence-electron chi connectivity index (χ0n) is 10.5. The van der Waals surface area contributed by atoms with Gasteiger partial charge in [-0.2, -0.15) is 5.10 Å². The Morgan fingerprint density at radius 3 is 2.71 bits per heavy atom. The lowest BCUT2D eigenvalue weighted by atomic mass is 10.0. The lowest BCUT2D eigenvalue weighted by molar-refractivity contribution is 0.112. The van der Waals surface area contributed by atoms with Crippen molar-refractivity contribution in [1.29, 1.82) is 0 Å². The van der Waals surface area contributed by atoms with Crippen molar-refractivity contribution in [2.45, 2.75) is 39.5 Å². The Kier molecular flexibility index (Phi) is 3.22. The average molecular weight is 231 g/mol. The number of aldehydes is 1. The molecule has 90 valence electrons. The molecule has 4 heteroatoms. The highest BCUT2D eigenvalue weighted by atomic mass is 16.1. The Morgan fingerprint density at radius 1 is 1.41 bits per heavy atom. The topological polar surface area (TPSA) is 47.3 Å². The number of carbonyl (C=O) groups excluding carboxylic acids is 1. The van der Waals surface area contributed by atoms with E-state index in [9.17, 15) is 4.79 Å². The lowest BCUT2D eigenvalue weighted by Gasteiger charge is -2.05. The molecular weight excluding hydrogens is 214 g/mol. The molecule has 2 aromatic rings. The molecule has 2 aromatic heterocycles. The molecule has 2 rings (SSSR count). The molecule has 0 atom stereocenters. The Bertz CT molecular complexity index is 541. The van der Waals surface area contributed by atoms with Crippen LogP contribution in [0.25, 0.3) is 5.65 Å². The number of carbonyl (C=O) groups is 1. The summed E-state index contributed by atoms with van der Waals surface area (Å²) >= 11 is 0. The minimum atomic E-state index is 0.398. The van der Waals surface area contributed by atoms with Crippen LogP contribution in [0.4, 0.5) is 0 Å². The van der Waals surface area contributed by atoms with E-state index in [-0.39, 0.29) is 0 Å². The lowest BCUT2D eigenvalue weighted by Crippen LogP contribution is -1.98. The second-order valence-electron chi connectivity index (χ2n) is 4.32. The maximum Gasteiger partial charge on any atom is 0.155 e. The van der Waals surface area contributed by atoms with Crippen molar-refractivity contribution < 1.29 is 4.79 Å². The minimum Gasteiger partial charge on any atom is -0.298 e. The molecule has 0 N–H and O–H groups in total. The van der Waals surface area contributed by atoms with Crippen LogP contribution in [0.15, 0.2) is 12.3 Å². The van der Waals surface area contributed by atoms with Gasteiger partial charge in [0.15, 0.2) is 17.8 Å².